The molecular formula is C23H22ClN3O2. The number of aromatic nitrogens is 1. The molecule has 6 heteroatoms. The van der Waals surface area contributed by atoms with E-state index in [0.717, 1.165) is 40.1 Å². The van der Waals surface area contributed by atoms with Gasteiger partial charge >= 0.3 is 0 Å². The highest BCUT2D eigenvalue weighted by Crippen LogP contribution is 2.38. The summed E-state index contributed by atoms with van der Waals surface area (Å²) in [5, 5.41) is 1.87. The van der Waals surface area contributed by atoms with Crippen LogP contribution in [0.3, 0.4) is 0 Å². The van der Waals surface area contributed by atoms with Crippen molar-refractivity contribution in [1.82, 2.24) is 9.88 Å². The number of hydrogen-bond acceptors (Lipinski definition) is 3. The Morgan fingerprint density at radius 2 is 1.86 bits per heavy atom. The molecule has 3 aromatic rings. The number of rotatable bonds is 2. The number of amides is 2. The van der Waals surface area contributed by atoms with Crippen molar-refractivity contribution in [3.63, 3.8) is 0 Å². The van der Waals surface area contributed by atoms with E-state index in [1.54, 1.807) is 0 Å². The summed E-state index contributed by atoms with van der Waals surface area (Å²) in [4.78, 5) is 32.9. The lowest BCUT2D eigenvalue weighted by atomic mass is 9.96. The number of nitrogens with zero attached hydrogens (tertiary/aromatic N) is 2. The van der Waals surface area contributed by atoms with E-state index in [0.29, 0.717) is 5.69 Å². The summed E-state index contributed by atoms with van der Waals surface area (Å²) < 4.78 is 0. The maximum atomic E-state index is 13.2. The summed E-state index contributed by atoms with van der Waals surface area (Å²) in [6.45, 7) is 4.82. The molecule has 2 aromatic carbocycles. The van der Waals surface area contributed by atoms with E-state index in [2.05, 4.69) is 16.8 Å². The maximum Gasteiger partial charge on any atom is 0.251 e. The monoisotopic (exact) mass is 407 g/mol. The fourth-order valence-electron chi connectivity index (χ4n) is 4.73. The molecule has 2 aliphatic heterocycles. The molecule has 5 rings (SSSR count). The van der Waals surface area contributed by atoms with Crippen molar-refractivity contribution in [3.8, 4) is 0 Å². The van der Waals surface area contributed by atoms with Gasteiger partial charge in [0, 0.05) is 34.2 Å². The fourth-order valence-corrected chi connectivity index (χ4v) is 4.91. The van der Waals surface area contributed by atoms with Crippen molar-refractivity contribution in [2.24, 2.45) is 0 Å². The van der Waals surface area contributed by atoms with Crippen LogP contribution in [0.2, 0.25) is 5.02 Å². The second kappa shape index (κ2) is 6.71. The van der Waals surface area contributed by atoms with Gasteiger partial charge in [-0.15, -0.1) is 0 Å². The molecule has 3 heterocycles. The van der Waals surface area contributed by atoms with Crippen molar-refractivity contribution in [3.05, 3.63) is 64.3 Å². The zero-order valence-electron chi connectivity index (χ0n) is 16.4. The smallest absolute Gasteiger partial charge is 0.251 e. The van der Waals surface area contributed by atoms with Crippen molar-refractivity contribution >= 4 is 40.0 Å². The quantitative estimate of drug-likeness (QED) is 0.641. The highest BCUT2D eigenvalue weighted by Gasteiger charge is 2.45. The highest BCUT2D eigenvalue weighted by atomic mass is 35.5. The molecule has 0 spiro atoms. The zero-order chi connectivity index (χ0) is 20.3. The predicted molar refractivity (Wildman–Crippen MR) is 114 cm³/mol. The van der Waals surface area contributed by atoms with E-state index >= 15 is 0 Å². The van der Waals surface area contributed by atoms with Crippen LogP contribution < -0.4 is 4.90 Å². The Hall–Kier alpha value is -2.63. The summed E-state index contributed by atoms with van der Waals surface area (Å²) in [5.74, 6) is -0.265. The third kappa shape index (κ3) is 2.88. The van der Waals surface area contributed by atoms with E-state index < -0.39 is 6.04 Å². The number of hydrogen-bond donors (Lipinski definition) is 1. The lowest BCUT2D eigenvalue weighted by molar-refractivity contribution is -0.123. The number of benzene rings is 2. The number of aryl methyl sites for hydroxylation is 1. The number of halogens is 1. The van der Waals surface area contributed by atoms with Gasteiger partial charge in [0.05, 0.1) is 18.2 Å². The van der Waals surface area contributed by atoms with Gasteiger partial charge in [0.1, 0.15) is 0 Å². The van der Waals surface area contributed by atoms with E-state index in [9.17, 15) is 9.59 Å². The van der Waals surface area contributed by atoms with Gasteiger partial charge in [-0.1, -0.05) is 29.3 Å². The standard InChI is InChI=1S/C23H22ClN3O2/c1-13-3-6-16(7-4-13)27-21(28)12-20(23(27)29)26-10-9-17-18-11-15(24)5-8-19(18)25-22(17)14(26)2/h3-8,11,14,20,25H,9-10,12H2,1-2H3. The van der Waals surface area contributed by atoms with Crippen molar-refractivity contribution in [2.75, 3.05) is 11.4 Å². The van der Waals surface area contributed by atoms with Crippen molar-refractivity contribution in [2.45, 2.75) is 38.8 Å². The minimum atomic E-state index is -0.429. The van der Waals surface area contributed by atoms with Gasteiger partial charge in [-0.2, -0.15) is 0 Å². The summed E-state index contributed by atoms with van der Waals surface area (Å²) in [5.41, 5.74) is 5.18. The molecule has 0 aliphatic carbocycles. The van der Waals surface area contributed by atoms with Crippen LogP contribution in [0.15, 0.2) is 42.5 Å². The largest absolute Gasteiger partial charge is 0.357 e. The van der Waals surface area contributed by atoms with Gasteiger partial charge in [-0.3, -0.25) is 14.5 Å². The molecule has 2 atom stereocenters. The Morgan fingerprint density at radius 1 is 1.10 bits per heavy atom. The summed E-state index contributed by atoms with van der Waals surface area (Å²) in [6, 6.07) is 13.0. The summed E-state index contributed by atoms with van der Waals surface area (Å²) in [7, 11) is 0. The van der Waals surface area contributed by atoms with Gasteiger partial charge in [-0.05, 0) is 56.2 Å². The lowest BCUT2D eigenvalue weighted by Crippen LogP contribution is -2.46. The van der Waals surface area contributed by atoms with Gasteiger partial charge in [-0.25, -0.2) is 4.90 Å². The number of carbonyl (C=O) groups is 2. The topological polar surface area (TPSA) is 56.4 Å². The molecular weight excluding hydrogens is 386 g/mol. The molecule has 1 N–H and O–H groups in total. The Bertz CT molecular complexity index is 1130. The van der Waals surface area contributed by atoms with E-state index in [1.807, 2.05) is 49.4 Å². The van der Waals surface area contributed by atoms with Gasteiger partial charge in [0.15, 0.2) is 0 Å². The van der Waals surface area contributed by atoms with E-state index in [1.165, 1.54) is 10.5 Å². The van der Waals surface area contributed by atoms with Crippen LogP contribution in [-0.4, -0.2) is 34.3 Å². The van der Waals surface area contributed by atoms with Crippen LogP contribution in [0, 0.1) is 6.92 Å². The van der Waals surface area contributed by atoms with Crippen LogP contribution in [0.1, 0.15) is 36.2 Å². The van der Waals surface area contributed by atoms with E-state index in [-0.39, 0.29) is 24.3 Å². The molecule has 0 saturated carbocycles. The second-order valence-electron chi connectivity index (χ2n) is 7.99. The first-order valence-corrected chi connectivity index (χ1v) is 10.3. The first-order valence-electron chi connectivity index (χ1n) is 9.93. The van der Waals surface area contributed by atoms with Gasteiger partial charge < -0.3 is 4.98 Å². The molecule has 1 saturated heterocycles. The number of carbonyl (C=O) groups excluding carboxylic acids is 2. The molecule has 1 aromatic heterocycles. The van der Waals surface area contributed by atoms with Crippen LogP contribution in [0.25, 0.3) is 10.9 Å². The Kier molecular flexibility index (Phi) is 4.26. The Morgan fingerprint density at radius 3 is 2.62 bits per heavy atom. The first-order chi connectivity index (χ1) is 13.9. The maximum absolute atomic E-state index is 13.2. The number of imide groups is 1. The lowest BCUT2D eigenvalue weighted by Gasteiger charge is -2.36. The highest BCUT2D eigenvalue weighted by molar-refractivity contribution is 6.31. The van der Waals surface area contributed by atoms with Crippen LogP contribution in [0.4, 0.5) is 5.69 Å². The molecule has 1 fully saturated rings. The van der Waals surface area contributed by atoms with E-state index in [4.69, 9.17) is 11.6 Å². The fraction of sp³-hybridized carbons (Fsp3) is 0.304. The number of anilines is 1. The van der Waals surface area contributed by atoms with Crippen molar-refractivity contribution in [1.29, 1.82) is 0 Å². The number of nitrogens with one attached hydrogen (secondary N) is 1. The molecule has 148 valence electrons. The summed E-state index contributed by atoms with van der Waals surface area (Å²) >= 11 is 6.19. The second-order valence-corrected chi connectivity index (χ2v) is 8.43. The third-order valence-electron chi connectivity index (χ3n) is 6.25. The zero-order valence-corrected chi connectivity index (χ0v) is 17.2. The van der Waals surface area contributed by atoms with Gasteiger partial charge in [0.2, 0.25) is 5.91 Å². The van der Waals surface area contributed by atoms with Crippen LogP contribution in [-0.2, 0) is 16.0 Å². The number of aromatic amines is 1. The molecule has 5 nitrogen and oxygen atoms in total. The average molecular weight is 408 g/mol. The van der Waals surface area contributed by atoms with Crippen LogP contribution in [0.5, 0.6) is 0 Å². The number of H-pyrrole nitrogens is 1. The Balaban J connectivity index is 1.46. The minimum absolute atomic E-state index is 0.0182. The molecule has 29 heavy (non-hydrogen) atoms. The SMILES string of the molecule is Cc1ccc(N2C(=O)CC(N3CCc4c([nH]c5ccc(Cl)cc45)C3C)C2=O)cc1. The number of fused-ring (bicyclic) bond motifs is 3. The molecule has 2 unspecified atom stereocenters. The van der Waals surface area contributed by atoms with Crippen LogP contribution >= 0.6 is 11.6 Å². The predicted octanol–water partition coefficient (Wildman–Crippen LogP) is 4.38. The average Bonchev–Trinajstić information content (AvgIpc) is 3.21. The molecule has 2 amide bonds. The molecule has 0 radical (unpaired) electrons. The minimum Gasteiger partial charge on any atom is -0.357 e. The van der Waals surface area contributed by atoms with Gasteiger partial charge in [0.25, 0.3) is 5.91 Å². The molecule has 2 aliphatic rings. The summed E-state index contributed by atoms with van der Waals surface area (Å²) in [6.07, 6.45) is 1.04. The Labute approximate surface area is 174 Å². The normalized spacial score (nSPS) is 22.5. The third-order valence-corrected chi connectivity index (χ3v) is 6.49. The molecule has 0 bridgehead atoms. The van der Waals surface area contributed by atoms with Crippen molar-refractivity contribution < 1.29 is 9.59 Å². The first kappa shape index (κ1) is 18.4.